The van der Waals surface area contributed by atoms with E-state index in [-0.39, 0.29) is 22.6 Å². The van der Waals surface area contributed by atoms with E-state index in [2.05, 4.69) is 5.32 Å². The van der Waals surface area contributed by atoms with Gasteiger partial charge in [-0.1, -0.05) is 30.3 Å². The summed E-state index contributed by atoms with van der Waals surface area (Å²) in [7, 11) is 0.636. The van der Waals surface area contributed by atoms with E-state index in [1.54, 1.807) is 36.4 Å². The van der Waals surface area contributed by atoms with E-state index in [1.807, 2.05) is 0 Å². The molecular weight excluding hydrogens is 396 g/mol. The number of hydrogen-bond acceptors (Lipinski definition) is 6. The van der Waals surface area contributed by atoms with Gasteiger partial charge in [0.25, 0.3) is 5.91 Å². The topological polar surface area (TPSA) is 106 Å². The molecule has 0 aliphatic heterocycles. The first-order chi connectivity index (χ1) is 13.8. The minimum Gasteiger partial charge on any atom is -0.493 e. The molecule has 0 aliphatic rings. The number of amides is 1. The lowest BCUT2D eigenvalue weighted by Crippen LogP contribution is -2.29. The van der Waals surface area contributed by atoms with Crippen LogP contribution in [0.3, 0.4) is 0 Å². The van der Waals surface area contributed by atoms with Crippen LogP contribution in [0.1, 0.15) is 15.9 Å². The average molecular weight is 416 g/mol. The zero-order valence-electron chi connectivity index (χ0n) is 16.1. The molecule has 9 heteroatoms. The molecule has 29 heavy (non-hydrogen) atoms. The molecule has 0 radical (unpaired) electrons. The molecule has 152 valence electrons. The predicted molar refractivity (Wildman–Crippen MR) is 108 cm³/mol. The summed E-state index contributed by atoms with van der Waals surface area (Å²) in [6, 6.07) is 12.8. The summed E-state index contributed by atoms with van der Waals surface area (Å²) >= 11 is 0. The Morgan fingerprint density at radius 3 is 2.55 bits per heavy atom. The summed E-state index contributed by atoms with van der Waals surface area (Å²) in [5.41, 5.74) is -0.340. The maximum absolute atomic E-state index is 12.6. The van der Waals surface area contributed by atoms with E-state index in [9.17, 15) is 18.0 Å². The molecule has 3 aromatic rings. The van der Waals surface area contributed by atoms with Gasteiger partial charge in [-0.15, -0.1) is 0 Å². The number of fused-ring (bicyclic) bond motifs is 1. The summed E-state index contributed by atoms with van der Waals surface area (Å²) in [5.74, 6) is -0.282. The Labute approximate surface area is 167 Å². The Morgan fingerprint density at radius 2 is 1.86 bits per heavy atom. The highest BCUT2D eigenvalue weighted by molar-refractivity contribution is 7.89. The molecule has 2 aromatic carbocycles. The normalized spacial score (nSPS) is 11.6. The van der Waals surface area contributed by atoms with Crippen molar-refractivity contribution in [2.45, 2.75) is 11.4 Å². The predicted octanol–water partition coefficient (Wildman–Crippen LogP) is 1.98. The lowest BCUT2D eigenvalue weighted by Gasteiger charge is -2.15. The fraction of sp³-hybridized carbons (Fsp3) is 0.200. The first kappa shape index (κ1) is 20.6. The van der Waals surface area contributed by atoms with Gasteiger partial charge in [0.2, 0.25) is 10.0 Å². The highest BCUT2D eigenvalue weighted by Gasteiger charge is 2.21. The zero-order chi connectivity index (χ0) is 21.2. The Morgan fingerprint density at radius 1 is 1.14 bits per heavy atom. The van der Waals surface area contributed by atoms with Crippen LogP contribution >= 0.6 is 0 Å². The number of carbonyl (C=O) groups is 1. The van der Waals surface area contributed by atoms with E-state index in [0.29, 0.717) is 16.7 Å². The number of para-hydroxylation sites is 1. The third kappa shape index (κ3) is 4.01. The van der Waals surface area contributed by atoms with Gasteiger partial charge in [-0.25, -0.2) is 17.5 Å². The molecule has 0 bridgehead atoms. The Bertz CT molecular complexity index is 1230. The molecule has 1 amide bonds. The summed E-state index contributed by atoms with van der Waals surface area (Å²) in [4.78, 5) is 24.9. The molecule has 0 saturated carbocycles. The number of methoxy groups -OCH3 is 1. The molecule has 1 heterocycles. The first-order valence-corrected chi connectivity index (χ1v) is 10.1. The van der Waals surface area contributed by atoms with Crippen molar-refractivity contribution >= 4 is 26.9 Å². The fourth-order valence-corrected chi connectivity index (χ4v) is 3.92. The van der Waals surface area contributed by atoms with Crippen LogP contribution < -0.4 is 15.7 Å². The molecule has 0 saturated heterocycles. The van der Waals surface area contributed by atoms with Crippen LogP contribution in [0.2, 0.25) is 0 Å². The number of nitrogens with one attached hydrogen (secondary N) is 1. The minimum absolute atomic E-state index is 0.0718. The molecule has 0 fully saturated rings. The van der Waals surface area contributed by atoms with Gasteiger partial charge in [-0.2, -0.15) is 0 Å². The summed E-state index contributed by atoms with van der Waals surface area (Å²) in [5, 5.41) is 3.12. The number of carbonyl (C=O) groups excluding carboxylic acids is 1. The van der Waals surface area contributed by atoms with Crippen LogP contribution in [-0.4, -0.2) is 39.8 Å². The van der Waals surface area contributed by atoms with E-state index >= 15 is 0 Å². The zero-order valence-corrected chi connectivity index (χ0v) is 16.9. The summed E-state index contributed by atoms with van der Waals surface area (Å²) in [6.07, 6.45) is 0. The second-order valence-corrected chi connectivity index (χ2v) is 8.52. The third-order valence-electron chi connectivity index (χ3n) is 4.36. The maximum Gasteiger partial charge on any atom is 0.349 e. The number of benzene rings is 2. The van der Waals surface area contributed by atoms with Gasteiger partial charge < -0.3 is 14.5 Å². The number of hydrogen-bond donors (Lipinski definition) is 1. The highest BCUT2D eigenvalue weighted by atomic mass is 32.2. The van der Waals surface area contributed by atoms with Crippen LogP contribution in [0, 0.1) is 0 Å². The second-order valence-electron chi connectivity index (χ2n) is 6.40. The fourth-order valence-electron chi connectivity index (χ4n) is 2.81. The lowest BCUT2D eigenvalue weighted by molar-refractivity contribution is 0.0947. The average Bonchev–Trinajstić information content (AvgIpc) is 2.71. The van der Waals surface area contributed by atoms with Crippen LogP contribution in [0.15, 0.2) is 62.6 Å². The summed E-state index contributed by atoms with van der Waals surface area (Å²) < 4.78 is 36.4. The molecular formula is C20H20N2O6S. The van der Waals surface area contributed by atoms with Crippen molar-refractivity contribution in [2.24, 2.45) is 0 Å². The Kier molecular flexibility index (Phi) is 5.71. The third-order valence-corrected chi connectivity index (χ3v) is 6.27. The van der Waals surface area contributed by atoms with Crippen LogP contribution in [0.25, 0.3) is 11.0 Å². The van der Waals surface area contributed by atoms with Crippen molar-refractivity contribution < 1.29 is 22.4 Å². The van der Waals surface area contributed by atoms with Crippen molar-refractivity contribution in [3.8, 4) is 5.75 Å². The van der Waals surface area contributed by atoms with Crippen molar-refractivity contribution in [2.75, 3.05) is 21.2 Å². The number of nitrogens with zero attached hydrogens (tertiary/aromatic N) is 1. The van der Waals surface area contributed by atoms with Gasteiger partial charge in [0.1, 0.15) is 5.56 Å². The molecule has 0 atom stereocenters. The molecule has 8 nitrogen and oxygen atoms in total. The largest absolute Gasteiger partial charge is 0.493 e. The van der Waals surface area contributed by atoms with Crippen LogP contribution in [0.4, 0.5) is 0 Å². The van der Waals surface area contributed by atoms with Gasteiger partial charge in [-0.3, -0.25) is 4.79 Å². The van der Waals surface area contributed by atoms with Crippen molar-refractivity contribution in [1.82, 2.24) is 9.62 Å². The van der Waals surface area contributed by atoms with Gasteiger partial charge in [0, 0.05) is 26.0 Å². The number of ether oxygens (including phenoxy) is 1. The maximum atomic E-state index is 12.6. The van der Waals surface area contributed by atoms with Gasteiger partial charge in [0.15, 0.2) is 11.3 Å². The molecule has 1 aromatic heterocycles. The van der Waals surface area contributed by atoms with Gasteiger partial charge >= 0.3 is 5.63 Å². The van der Waals surface area contributed by atoms with E-state index in [4.69, 9.17) is 9.15 Å². The van der Waals surface area contributed by atoms with E-state index in [0.717, 1.165) is 4.31 Å². The van der Waals surface area contributed by atoms with Gasteiger partial charge in [0.05, 0.1) is 12.0 Å². The Balaban J connectivity index is 1.90. The van der Waals surface area contributed by atoms with Crippen molar-refractivity contribution in [3.63, 3.8) is 0 Å². The van der Waals surface area contributed by atoms with E-state index < -0.39 is 21.6 Å². The number of sulfonamides is 1. The summed E-state index contributed by atoms with van der Waals surface area (Å²) in [6.45, 7) is -0.0718. The molecule has 0 spiro atoms. The standard InChI is InChI=1S/C20H20N2O6S/c1-22(2)29(25,26)17-10-5-4-7-14(17)12-21-19(23)15-11-13-8-6-9-16(27-3)18(13)28-20(15)24/h4-11H,12H2,1-3H3,(H,21,23). The monoisotopic (exact) mass is 416 g/mol. The van der Waals surface area contributed by atoms with Crippen LogP contribution in [-0.2, 0) is 16.6 Å². The molecule has 0 unspecified atom stereocenters. The smallest absolute Gasteiger partial charge is 0.349 e. The minimum atomic E-state index is -3.68. The van der Waals surface area contributed by atoms with Crippen LogP contribution in [0.5, 0.6) is 5.75 Å². The first-order valence-electron chi connectivity index (χ1n) is 8.65. The van der Waals surface area contributed by atoms with Crippen molar-refractivity contribution in [1.29, 1.82) is 0 Å². The second kappa shape index (κ2) is 8.06. The molecule has 1 N–H and O–H groups in total. The number of rotatable bonds is 6. The Hall–Kier alpha value is -3.17. The lowest BCUT2D eigenvalue weighted by atomic mass is 10.1. The quantitative estimate of drug-likeness (QED) is 0.616. The van der Waals surface area contributed by atoms with Crippen molar-refractivity contribution in [3.05, 3.63) is 70.1 Å². The highest BCUT2D eigenvalue weighted by Crippen LogP contribution is 2.24. The SMILES string of the molecule is COc1cccc2cc(C(=O)NCc3ccccc3S(=O)(=O)N(C)C)c(=O)oc12. The van der Waals surface area contributed by atoms with Gasteiger partial charge in [-0.05, 0) is 23.8 Å². The molecule has 3 rings (SSSR count). The van der Waals surface area contributed by atoms with E-state index in [1.165, 1.54) is 33.3 Å². The molecule has 0 aliphatic carbocycles.